The van der Waals surface area contributed by atoms with E-state index in [2.05, 4.69) is 10.4 Å². The monoisotopic (exact) mass is 285 g/mol. The SMILES string of the molecule is N[C@H]1CCN(C(=O)Nc2ccnn2Cc2ccccc2)C1. The highest BCUT2D eigenvalue weighted by molar-refractivity contribution is 5.88. The summed E-state index contributed by atoms with van der Waals surface area (Å²) in [4.78, 5) is 13.9. The lowest BCUT2D eigenvalue weighted by molar-refractivity contribution is 0.222. The highest BCUT2D eigenvalue weighted by Gasteiger charge is 2.24. The molecule has 0 radical (unpaired) electrons. The summed E-state index contributed by atoms with van der Waals surface area (Å²) in [6, 6.07) is 11.8. The van der Waals surface area contributed by atoms with Crippen LogP contribution in [0.15, 0.2) is 42.6 Å². The second kappa shape index (κ2) is 5.97. The van der Waals surface area contributed by atoms with E-state index in [1.165, 1.54) is 0 Å². The molecule has 3 rings (SSSR count). The van der Waals surface area contributed by atoms with Gasteiger partial charge in [-0.15, -0.1) is 0 Å². The third-order valence-electron chi connectivity index (χ3n) is 3.64. The summed E-state index contributed by atoms with van der Waals surface area (Å²) in [5, 5.41) is 7.17. The van der Waals surface area contributed by atoms with Gasteiger partial charge in [-0.25, -0.2) is 9.48 Å². The molecule has 3 N–H and O–H groups in total. The van der Waals surface area contributed by atoms with Crippen molar-refractivity contribution in [2.75, 3.05) is 18.4 Å². The van der Waals surface area contributed by atoms with Crippen molar-refractivity contribution in [3.05, 3.63) is 48.2 Å². The number of anilines is 1. The van der Waals surface area contributed by atoms with Gasteiger partial charge < -0.3 is 10.6 Å². The molecule has 2 heterocycles. The Kier molecular flexibility index (Phi) is 3.87. The molecule has 2 aromatic rings. The zero-order valence-corrected chi connectivity index (χ0v) is 11.8. The number of urea groups is 1. The first-order valence-corrected chi connectivity index (χ1v) is 7.09. The molecule has 1 saturated heterocycles. The van der Waals surface area contributed by atoms with Crippen LogP contribution in [-0.4, -0.2) is 39.8 Å². The molecule has 1 aromatic heterocycles. The number of amides is 2. The zero-order chi connectivity index (χ0) is 14.7. The van der Waals surface area contributed by atoms with Crippen molar-refractivity contribution in [3.8, 4) is 0 Å². The van der Waals surface area contributed by atoms with Crippen LogP contribution in [0, 0.1) is 0 Å². The van der Waals surface area contributed by atoms with E-state index in [4.69, 9.17) is 5.73 Å². The smallest absolute Gasteiger partial charge is 0.323 e. The molecule has 1 fully saturated rings. The van der Waals surface area contributed by atoms with E-state index in [-0.39, 0.29) is 12.1 Å². The Morgan fingerprint density at radius 3 is 2.86 bits per heavy atom. The van der Waals surface area contributed by atoms with Gasteiger partial charge in [-0.3, -0.25) is 5.32 Å². The van der Waals surface area contributed by atoms with Gasteiger partial charge in [0.05, 0.1) is 12.7 Å². The molecule has 6 heteroatoms. The molecular formula is C15H19N5O. The standard InChI is InChI=1S/C15H19N5O/c16-13-7-9-19(11-13)15(21)18-14-6-8-17-20(14)10-12-4-2-1-3-5-12/h1-6,8,13H,7,9-11,16H2,(H,18,21)/t13-/m0/s1. The van der Waals surface area contributed by atoms with Crippen LogP contribution < -0.4 is 11.1 Å². The number of hydrogen-bond donors (Lipinski definition) is 2. The Balaban J connectivity index is 1.67. The zero-order valence-electron chi connectivity index (χ0n) is 11.8. The van der Waals surface area contributed by atoms with Gasteiger partial charge in [0.2, 0.25) is 0 Å². The number of aromatic nitrogens is 2. The maximum Gasteiger partial charge on any atom is 0.323 e. The quantitative estimate of drug-likeness (QED) is 0.897. The molecule has 2 amide bonds. The molecule has 21 heavy (non-hydrogen) atoms. The second-order valence-corrected chi connectivity index (χ2v) is 5.28. The first kappa shape index (κ1) is 13.6. The Bertz CT molecular complexity index is 610. The minimum atomic E-state index is -0.113. The molecule has 1 aromatic carbocycles. The Labute approximate surface area is 123 Å². The van der Waals surface area contributed by atoms with Crippen LogP contribution >= 0.6 is 0 Å². The van der Waals surface area contributed by atoms with Gasteiger partial charge in [0.1, 0.15) is 5.82 Å². The van der Waals surface area contributed by atoms with E-state index >= 15 is 0 Å². The van der Waals surface area contributed by atoms with Gasteiger partial charge in [0.15, 0.2) is 0 Å². The van der Waals surface area contributed by atoms with E-state index in [0.29, 0.717) is 25.5 Å². The lowest BCUT2D eigenvalue weighted by Crippen LogP contribution is -2.35. The summed E-state index contributed by atoms with van der Waals surface area (Å²) in [6.07, 6.45) is 2.55. The van der Waals surface area contributed by atoms with Crippen molar-refractivity contribution in [1.82, 2.24) is 14.7 Å². The van der Waals surface area contributed by atoms with Crippen molar-refractivity contribution in [1.29, 1.82) is 0 Å². The molecule has 6 nitrogen and oxygen atoms in total. The van der Waals surface area contributed by atoms with Crippen molar-refractivity contribution in [2.24, 2.45) is 5.73 Å². The van der Waals surface area contributed by atoms with Crippen LogP contribution in [0.25, 0.3) is 0 Å². The first-order chi connectivity index (χ1) is 10.2. The minimum absolute atomic E-state index is 0.0879. The Morgan fingerprint density at radius 2 is 2.14 bits per heavy atom. The van der Waals surface area contributed by atoms with Crippen LogP contribution in [0.1, 0.15) is 12.0 Å². The molecule has 0 saturated carbocycles. The fourth-order valence-corrected chi connectivity index (χ4v) is 2.48. The highest BCUT2D eigenvalue weighted by Crippen LogP contribution is 2.13. The largest absolute Gasteiger partial charge is 0.326 e. The van der Waals surface area contributed by atoms with Crippen LogP contribution in [0.5, 0.6) is 0 Å². The molecule has 0 aliphatic carbocycles. The summed E-state index contributed by atoms with van der Waals surface area (Å²) in [6.45, 7) is 1.95. The van der Waals surface area contributed by atoms with Gasteiger partial charge in [-0.05, 0) is 12.0 Å². The predicted octanol–water partition coefficient (Wildman–Crippen LogP) is 1.50. The molecular weight excluding hydrogens is 266 g/mol. The summed E-state index contributed by atoms with van der Waals surface area (Å²) < 4.78 is 1.78. The van der Waals surface area contributed by atoms with Crippen LogP contribution in [0.3, 0.4) is 0 Å². The molecule has 1 aliphatic rings. The van der Waals surface area contributed by atoms with Crippen molar-refractivity contribution >= 4 is 11.8 Å². The number of hydrogen-bond acceptors (Lipinski definition) is 3. The number of carbonyl (C=O) groups excluding carboxylic acids is 1. The molecule has 1 atom stereocenters. The summed E-state index contributed by atoms with van der Waals surface area (Å²) in [5.74, 6) is 0.698. The van der Waals surface area contributed by atoms with Gasteiger partial charge in [0.25, 0.3) is 0 Å². The van der Waals surface area contributed by atoms with E-state index in [1.54, 1.807) is 21.8 Å². The average Bonchev–Trinajstić information content (AvgIpc) is 3.10. The van der Waals surface area contributed by atoms with E-state index < -0.39 is 0 Å². The van der Waals surface area contributed by atoms with Gasteiger partial charge >= 0.3 is 6.03 Å². The summed E-state index contributed by atoms with van der Waals surface area (Å²) in [5.41, 5.74) is 6.97. The molecule has 1 aliphatic heterocycles. The number of likely N-dealkylation sites (tertiary alicyclic amines) is 1. The second-order valence-electron chi connectivity index (χ2n) is 5.28. The topological polar surface area (TPSA) is 76.2 Å². The third kappa shape index (κ3) is 3.22. The van der Waals surface area contributed by atoms with Gasteiger partial charge in [-0.2, -0.15) is 5.10 Å². The Hall–Kier alpha value is -2.34. The number of carbonyl (C=O) groups is 1. The number of rotatable bonds is 3. The maximum absolute atomic E-state index is 12.2. The van der Waals surface area contributed by atoms with E-state index in [1.807, 2.05) is 30.3 Å². The van der Waals surface area contributed by atoms with Gasteiger partial charge in [0, 0.05) is 25.2 Å². The van der Waals surface area contributed by atoms with Crippen LogP contribution in [0.4, 0.5) is 10.6 Å². The maximum atomic E-state index is 12.2. The molecule has 0 bridgehead atoms. The normalized spacial score (nSPS) is 18.0. The number of nitrogens with two attached hydrogens (primary N) is 1. The number of benzene rings is 1. The van der Waals surface area contributed by atoms with Crippen molar-refractivity contribution in [2.45, 2.75) is 19.0 Å². The molecule has 0 spiro atoms. The van der Waals surface area contributed by atoms with E-state index in [9.17, 15) is 4.79 Å². The third-order valence-corrected chi connectivity index (χ3v) is 3.64. The van der Waals surface area contributed by atoms with Gasteiger partial charge in [-0.1, -0.05) is 30.3 Å². The van der Waals surface area contributed by atoms with Crippen molar-refractivity contribution in [3.63, 3.8) is 0 Å². The summed E-state index contributed by atoms with van der Waals surface area (Å²) in [7, 11) is 0. The highest BCUT2D eigenvalue weighted by atomic mass is 16.2. The van der Waals surface area contributed by atoms with E-state index in [0.717, 1.165) is 12.0 Å². The first-order valence-electron chi connectivity index (χ1n) is 7.09. The average molecular weight is 285 g/mol. The van der Waals surface area contributed by atoms with Crippen LogP contribution in [-0.2, 0) is 6.54 Å². The minimum Gasteiger partial charge on any atom is -0.326 e. The van der Waals surface area contributed by atoms with Crippen LogP contribution in [0.2, 0.25) is 0 Å². The van der Waals surface area contributed by atoms with Crippen molar-refractivity contribution < 1.29 is 4.79 Å². The molecule has 0 unspecified atom stereocenters. The molecule has 110 valence electrons. The number of nitrogens with one attached hydrogen (secondary N) is 1. The lowest BCUT2D eigenvalue weighted by atomic mass is 10.2. The predicted molar refractivity (Wildman–Crippen MR) is 81.0 cm³/mol. The fraction of sp³-hybridized carbons (Fsp3) is 0.333. The lowest BCUT2D eigenvalue weighted by Gasteiger charge is -2.17. The number of nitrogens with zero attached hydrogens (tertiary/aromatic N) is 3. The Morgan fingerprint density at radius 1 is 1.33 bits per heavy atom. The summed E-state index contributed by atoms with van der Waals surface area (Å²) >= 11 is 0. The fourth-order valence-electron chi connectivity index (χ4n) is 2.48.